The highest BCUT2D eigenvalue weighted by molar-refractivity contribution is 7.08. The van der Waals surface area contributed by atoms with Gasteiger partial charge in [-0.25, -0.2) is 0 Å². The molecule has 1 fully saturated rings. The minimum atomic E-state index is 0.0167. The van der Waals surface area contributed by atoms with E-state index in [4.69, 9.17) is 0 Å². The first-order valence-electron chi connectivity index (χ1n) is 9.37. The number of nitrogens with zero attached hydrogens (tertiary/aromatic N) is 2. The summed E-state index contributed by atoms with van der Waals surface area (Å²) in [6.07, 6.45) is 2.52. The van der Waals surface area contributed by atoms with E-state index in [1.807, 2.05) is 32.7 Å². The average Bonchev–Trinajstić information content (AvgIpc) is 3.22. The van der Waals surface area contributed by atoms with Crippen molar-refractivity contribution in [3.05, 3.63) is 52.2 Å². The average molecular weight is 369 g/mol. The van der Waals surface area contributed by atoms with Gasteiger partial charge in [0.2, 0.25) is 5.91 Å². The SMILES string of the molecule is C[C@H]1CCN(C(=O)C2CCN(C(=O)c3ccsc3)CC2)c2ccccc21. The van der Waals surface area contributed by atoms with Gasteiger partial charge in [-0.1, -0.05) is 25.1 Å². The van der Waals surface area contributed by atoms with Crippen LogP contribution in [0, 0.1) is 5.92 Å². The number of amides is 2. The van der Waals surface area contributed by atoms with E-state index >= 15 is 0 Å². The number of anilines is 1. The van der Waals surface area contributed by atoms with E-state index < -0.39 is 0 Å². The second-order valence-electron chi connectivity index (χ2n) is 7.32. The molecule has 1 atom stereocenters. The zero-order valence-electron chi connectivity index (χ0n) is 15.1. The van der Waals surface area contributed by atoms with Crippen molar-refractivity contribution in [3.8, 4) is 0 Å². The van der Waals surface area contributed by atoms with Crippen LogP contribution in [0.3, 0.4) is 0 Å². The predicted octanol–water partition coefficient (Wildman–Crippen LogP) is 4.14. The molecule has 1 saturated heterocycles. The van der Waals surface area contributed by atoms with Gasteiger partial charge in [-0.2, -0.15) is 11.3 Å². The summed E-state index contributed by atoms with van der Waals surface area (Å²) >= 11 is 1.54. The van der Waals surface area contributed by atoms with Crippen LogP contribution >= 0.6 is 11.3 Å². The van der Waals surface area contributed by atoms with Gasteiger partial charge in [0.15, 0.2) is 0 Å². The summed E-state index contributed by atoms with van der Waals surface area (Å²) < 4.78 is 0. The molecule has 4 nitrogen and oxygen atoms in total. The summed E-state index contributed by atoms with van der Waals surface area (Å²) in [4.78, 5) is 29.5. The smallest absolute Gasteiger partial charge is 0.254 e. The van der Waals surface area contributed by atoms with E-state index in [9.17, 15) is 9.59 Å². The quantitative estimate of drug-likeness (QED) is 0.799. The van der Waals surface area contributed by atoms with Crippen LogP contribution in [0.25, 0.3) is 0 Å². The number of para-hydroxylation sites is 1. The van der Waals surface area contributed by atoms with E-state index in [-0.39, 0.29) is 17.7 Å². The van der Waals surface area contributed by atoms with E-state index in [1.165, 1.54) is 5.56 Å². The lowest BCUT2D eigenvalue weighted by Crippen LogP contribution is -2.46. The number of hydrogen-bond donors (Lipinski definition) is 0. The summed E-state index contributed by atoms with van der Waals surface area (Å²) in [7, 11) is 0. The van der Waals surface area contributed by atoms with Crippen molar-refractivity contribution in [1.82, 2.24) is 4.90 Å². The maximum Gasteiger partial charge on any atom is 0.254 e. The molecule has 3 heterocycles. The molecular formula is C21H24N2O2S. The number of rotatable bonds is 2. The van der Waals surface area contributed by atoms with Crippen LogP contribution in [0.1, 0.15) is 48.0 Å². The zero-order valence-corrected chi connectivity index (χ0v) is 15.9. The van der Waals surface area contributed by atoms with E-state index in [1.54, 1.807) is 11.3 Å². The minimum absolute atomic E-state index is 0.0167. The van der Waals surface area contributed by atoms with Gasteiger partial charge in [-0.05, 0) is 48.3 Å². The Labute approximate surface area is 158 Å². The molecule has 2 aromatic rings. The fourth-order valence-corrected chi connectivity index (χ4v) is 4.73. The fraction of sp³-hybridized carbons (Fsp3) is 0.429. The van der Waals surface area contributed by atoms with E-state index in [0.717, 1.165) is 37.1 Å². The van der Waals surface area contributed by atoms with Crippen LogP contribution in [0.5, 0.6) is 0 Å². The molecule has 0 N–H and O–H groups in total. The molecule has 2 aliphatic rings. The molecule has 0 unspecified atom stereocenters. The summed E-state index contributed by atoms with van der Waals surface area (Å²) in [6, 6.07) is 10.1. The molecule has 5 heteroatoms. The van der Waals surface area contributed by atoms with Gasteiger partial charge >= 0.3 is 0 Å². The predicted molar refractivity (Wildman–Crippen MR) is 105 cm³/mol. The maximum atomic E-state index is 13.2. The first-order chi connectivity index (χ1) is 12.6. The van der Waals surface area contributed by atoms with Crippen LogP contribution in [0.4, 0.5) is 5.69 Å². The van der Waals surface area contributed by atoms with E-state index in [0.29, 0.717) is 19.0 Å². The van der Waals surface area contributed by atoms with E-state index in [2.05, 4.69) is 25.1 Å². The van der Waals surface area contributed by atoms with Crippen molar-refractivity contribution in [3.63, 3.8) is 0 Å². The molecule has 1 aromatic heterocycles. The normalized spacial score (nSPS) is 20.7. The van der Waals surface area contributed by atoms with Gasteiger partial charge in [0, 0.05) is 36.6 Å². The van der Waals surface area contributed by atoms with Crippen molar-refractivity contribution < 1.29 is 9.59 Å². The third-order valence-corrected chi connectivity index (χ3v) is 6.39. The van der Waals surface area contributed by atoms with Crippen molar-refractivity contribution in [2.75, 3.05) is 24.5 Å². The monoisotopic (exact) mass is 368 g/mol. The standard InChI is InChI=1S/C21H24N2O2S/c1-15-6-12-23(19-5-3-2-4-18(15)19)21(25)16-7-10-22(11-8-16)20(24)17-9-13-26-14-17/h2-5,9,13-16H,6-8,10-12H2,1H3/t15-/m0/s1. The van der Waals surface area contributed by atoms with Gasteiger partial charge in [0.1, 0.15) is 0 Å². The van der Waals surface area contributed by atoms with Gasteiger partial charge in [0.25, 0.3) is 5.91 Å². The third-order valence-electron chi connectivity index (χ3n) is 5.71. The molecule has 0 saturated carbocycles. The van der Waals surface area contributed by atoms with Crippen LogP contribution in [-0.2, 0) is 4.79 Å². The van der Waals surface area contributed by atoms with Crippen molar-refractivity contribution >= 4 is 28.8 Å². The molecule has 0 aliphatic carbocycles. The Morgan fingerprint density at radius 1 is 1.04 bits per heavy atom. The largest absolute Gasteiger partial charge is 0.339 e. The third kappa shape index (κ3) is 3.16. The Balaban J connectivity index is 1.43. The maximum absolute atomic E-state index is 13.2. The number of carbonyl (C=O) groups is 2. The molecule has 1 aromatic carbocycles. The lowest BCUT2D eigenvalue weighted by molar-refractivity contribution is -0.123. The second-order valence-corrected chi connectivity index (χ2v) is 8.10. The first kappa shape index (κ1) is 17.3. The Bertz CT molecular complexity index is 794. The molecule has 4 rings (SSSR count). The Hall–Kier alpha value is -2.14. The highest BCUT2D eigenvalue weighted by atomic mass is 32.1. The van der Waals surface area contributed by atoms with Gasteiger partial charge < -0.3 is 9.80 Å². The topological polar surface area (TPSA) is 40.6 Å². The summed E-state index contributed by atoms with van der Waals surface area (Å²) in [6.45, 7) is 4.36. The fourth-order valence-electron chi connectivity index (χ4n) is 4.10. The molecule has 0 radical (unpaired) electrons. The molecule has 2 amide bonds. The first-order valence-corrected chi connectivity index (χ1v) is 10.3. The van der Waals surface area contributed by atoms with Gasteiger partial charge in [0.05, 0.1) is 5.56 Å². The van der Waals surface area contributed by atoms with Gasteiger partial charge in [-0.3, -0.25) is 9.59 Å². The highest BCUT2D eigenvalue weighted by Crippen LogP contribution is 2.36. The van der Waals surface area contributed by atoms with Gasteiger partial charge in [-0.15, -0.1) is 0 Å². The summed E-state index contributed by atoms with van der Waals surface area (Å²) in [5.74, 6) is 0.838. The molecule has 0 spiro atoms. The number of benzene rings is 1. The number of hydrogen-bond acceptors (Lipinski definition) is 3. The Kier molecular flexibility index (Phi) is 4.81. The molecular weight excluding hydrogens is 344 g/mol. The Morgan fingerprint density at radius 3 is 2.54 bits per heavy atom. The minimum Gasteiger partial charge on any atom is -0.339 e. The summed E-state index contributed by atoms with van der Waals surface area (Å²) in [5.41, 5.74) is 3.11. The Morgan fingerprint density at radius 2 is 1.81 bits per heavy atom. The van der Waals surface area contributed by atoms with Crippen molar-refractivity contribution in [2.24, 2.45) is 5.92 Å². The van der Waals surface area contributed by atoms with Crippen LogP contribution in [0.2, 0.25) is 0 Å². The lowest BCUT2D eigenvalue weighted by Gasteiger charge is -2.37. The van der Waals surface area contributed by atoms with Crippen LogP contribution in [0.15, 0.2) is 41.1 Å². The zero-order chi connectivity index (χ0) is 18.1. The number of likely N-dealkylation sites (tertiary alicyclic amines) is 1. The molecule has 136 valence electrons. The lowest BCUT2D eigenvalue weighted by atomic mass is 9.89. The number of fused-ring (bicyclic) bond motifs is 1. The number of thiophene rings is 1. The second kappa shape index (κ2) is 7.23. The number of carbonyl (C=O) groups excluding carboxylic acids is 2. The van der Waals surface area contributed by atoms with Crippen molar-refractivity contribution in [2.45, 2.75) is 32.1 Å². The van der Waals surface area contributed by atoms with Crippen LogP contribution < -0.4 is 4.90 Å². The highest BCUT2D eigenvalue weighted by Gasteiger charge is 2.33. The molecule has 0 bridgehead atoms. The number of piperidine rings is 1. The van der Waals surface area contributed by atoms with Crippen LogP contribution in [-0.4, -0.2) is 36.3 Å². The van der Waals surface area contributed by atoms with Crippen molar-refractivity contribution in [1.29, 1.82) is 0 Å². The summed E-state index contributed by atoms with van der Waals surface area (Å²) in [5, 5.41) is 3.82. The molecule has 2 aliphatic heterocycles. The molecule has 26 heavy (non-hydrogen) atoms.